The lowest BCUT2D eigenvalue weighted by Gasteiger charge is -2.30. The lowest BCUT2D eigenvalue weighted by molar-refractivity contribution is -0.132. The molecule has 1 aromatic carbocycles. The number of benzene rings is 1. The normalized spacial score (nSPS) is 22.6. The highest BCUT2D eigenvalue weighted by molar-refractivity contribution is 5.90. The van der Waals surface area contributed by atoms with Crippen LogP contribution in [0.3, 0.4) is 0 Å². The molecule has 0 spiro atoms. The van der Waals surface area contributed by atoms with Crippen molar-refractivity contribution in [3.8, 4) is 0 Å². The first kappa shape index (κ1) is 12.6. The summed E-state index contributed by atoms with van der Waals surface area (Å²) in [5, 5.41) is 8.91. The van der Waals surface area contributed by atoms with Gasteiger partial charge in [0.25, 0.3) is 0 Å². The van der Waals surface area contributed by atoms with Gasteiger partial charge in [-0.15, -0.1) is 0 Å². The Morgan fingerprint density at radius 1 is 1.39 bits per heavy atom. The Morgan fingerprint density at radius 3 is 2.61 bits per heavy atom. The molecule has 0 saturated heterocycles. The molecule has 3 nitrogen and oxygen atoms in total. The number of ether oxygens (including phenoxy) is 1. The van der Waals surface area contributed by atoms with Gasteiger partial charge in [-0.1, -0.05) is 42.5 Å². The van der Waals surface area contributed by atoms with E-state index in [1.165, 1.54) is 5.56 Å². The quantitative estimate of drug-likeness (QED) is 0.885. The Labute approximate surface area is 106 Å². The topological polar surface area (TPSA) is 46.5 Å². The van der Waals surface area contributed by atoms with Crippen molar-refractivity contribution >= 4 is 5.97 Å². The fraction of sp³-hybridized carbons (Fsp3) is 0.267. The Bertz CT molecular complexity index is 488. The van der Waals surface area contributed by atoms with Crippen LogP contribution in [0.25, 0.3) is 0 Å². The summed E-state index contributed by atoms with van der Waals surface area (Å²) in [5.74, 6) is -0.893. The highest BCUT2D eigenvalue weighted by atomic mass is 16.5. The number of carboxylic acids is 1. The van der Waals surface area contributed by atoms with Crippen molar-refractivity contribution in [2.24, 2.45) is 0 Å². The molecule has 0 aliphatic heterocycles. The molecule has 0 heterocycles. The van der Waals surface area contributed by atoms with Crippen molar-refractivity contribution in [1.82, 2.24) is 0 Å². The molecule has 1 aliphatic rings. The smallest absolute Gasteiger partial charge is 0.335 e. The van der Waals surface area contributed by atoms with E-state index in [-0.39, 0.29) is 0 Å². The minimum atomic E-state index is -0.893. The third kappa shape index (κ3) is 2.68. The average Bonchev–Trinajstić information content (AvgIpc) is 2.40. The Morgan fingerprint density at radius 2 is 2.11 bits per heavy atom. The zero-order valence-corrected chi connectivity index (χ0v) is 10.3. The second-order valence-electron chi connectivity index (χ2n) is 4.43. The molecule has 1 aromatic rings. The summed E-state index contributed by atoms with van der Waals surface area (Å²) in [7, 11) is 1.66. The Balaban J connectivity index is 2.16. The maximum Gasteiger partial charge on any atom is 0.335 e. The molecule has 18 heavy (non-hydrogen) atoms. The van der Waals surface area contributed by atoms with E-state index in [1.807, 2.05) is 36.4 Å². The van der Waals surface area contributed by atoms with Crippen molar-refractivity contribution < 1.29 is 14.6 Å². The zero-order valence-electron chi connectivity index (χ0n) is 10.3. The number of aliphatic carboxylic acids is 1. The van der Waals surface area contributed by atoms with Gasteiger partial charge in [-0.05, 0) is 18.1 Å². The first-order chi connectivity index (χ1) is 8.65. The van der Waals surface area contributed by atoms with Gasteiger partial charge in [0.1, 0.15) is 0 Å². The molecule has 0 bridgehead atoms. The summed E-state index contributed by atoms with van der Waals surface area (Å²) < 4.78 is 5.59. The van der Waals surface area contributed by atoms with Crippen LogP contribution in [-0.4, -0.2) is 23.8 Å². The summed E-state index contributed by atoms with van der Waals surface area (Å²) in [6, 6.07) is 10.0. The zero-order chi connectivity index (χ0) is 13.0. The van der Waals surface area contributed by atoms with Gasteiger partial charge in [-0.25, -0.2) is 4.79 Å². The van der Waals surface area contributed by atoms with Crippen molar-refractivity contribution in [1.29, 1.82) is 0 Å². The van der Waals surface area contributed by atoms with E-state index in [0.717, 1.165) is 6.42 Å². The molecule has 1 atom stereocenters. The number of methoxy groups -OCH3 is 1. The molecule has 0 saturated carbocycles. The summed E-state index contributed by atoms with van der Waals surface area (Å²) in [4.78, 5) is 10.9. The van der Waals surface area contributed by atoms with Crippen molar-refractivity contribution in [3.05, 3.63) is 59.7 Å². The lowest BCUT2D eigenvalue weighted by Crippen LogP contribution is -2.33. The number of carbonyl (C=O) groups is 1. The molecule has 1 unspecified atom stereocenters. The van der Waals surface area contributed by atoms with Crippen LogP contribution in [0, 0.1) is 0 Å². The summed E-state index contributed by atoms with van der Waals surface area (Å²) in [6.45, 7) is 0. The van der Waals surface area contributed by atoms with Gasteiger partial charge in [-0.3, -0.25) is 0 Å². The van der Waals surface area contributed by atoms with Gasteiger partial charge in [0, 0.05) is 13.5 Å². The van der Waals surface area contributed by atoms with Crippen molar-refractivity contribution in [3.63, 3.8) is 0 Å². The second kappa shape index (κ2) is 5.19. The van der Waals surface area contributed by atoms with Gasteiger partial charge in [0.05, 0.1) is 11.2 Å². The van der Waals surface area contributed by atoms with Crippen molar-refractivity contribution in [2.75, 3.05) is 7.11 Å². The van der Waals surface area contributed by atoms with Crippen LogP contribution in [0.2, 0.25) is 0 Å². The van der Waals surface area contributed by atoms with E-state index in [0.29, 0.717) is 12.0 Å². The molecule has 0 aromatic heterocycles. The number of rotatable bonds is 4. The summed E-state index contributed by atoms with van der Waals surface area (Å²) in [6.07, 6.45) is 6.51. The van der Waals surface area contributed by atoms with E-state index in [2.05, 4.69) is 0 Å². The van der Waals surface area contributed by atoms with E-state index in [4.69, 9.17) is 9.84 Å². The molecular weight excluding hydrogens is 228 g/mol. The number of hydrogen-bond acceptors (Lipinski definition) is 2. The predicted molar refractivity (Wildman–Crippen MR) is 69.4 cm³/mol. The van der Waals surface area contributed by atoms with E-state index < -0.39 is 11.6 Å². The maximum atomic E-state index is 10.9. The molecular formula is C15H16O3. The molecule has 3 heteroatoms. The SMILES string of the molecule is COC1(Cc2ccccc2)C=CC(C(=O)O)=CC1. The fourth-order valence-corrected chi connectivity index (χ4v) is 2.12. The maximum absolute atomic E-state index is 10.9. The molecule has 1 N–H and O–H groups in total. The minimum Gasteiger partial charge on any atom is -0.478 e. The molecule has 0 amide bonds. The molecule has 94 valence electrons. The predicted octanol–water partition coefficient (Wildman–Crippen LogP) is 2.59. The largest absolute Gasteiger partial charge is 0.478 e. The molecule has 2 rings (SSSR count). The van der Waals surface area contributed by atoms with Crippen LogP contribution in [0.1, 0.15) is 12.0 Å². The van der Waals surface area contributed by atoms with Gasteiger partial charge < -0.3 is 9.84 Å². The highest BCUT2D eigenvalue weighted by Crippen LogP contribution is 2.28. The lowest BCUT2D eigenvalue weighted by atomic mass is 9.86. The Hall–Kier alpha value is -1.87. The van der Waals surface area contributed by atoms with Crippen LogP contribution in [0.4, 0.5) is 0 Å². The van der Waals surface area contributed by atoms with Crippen LogP contribution in [0.5, 0.6) is 0 Å². The summed E-state index contributed by atoms with van der Waals surface area (Å²) in [5.41, 5.74) is 1.08. The van der Waals surface area contributed by atoms with Crippen LogP contribution in [-0.2, 0) is 16.0 Å². The minimum absolute atomic E-state index is 0.329. The van der Waals surface area contributed by atoms with E-state index >= 15 is 0 Å². The fourth-order valence-electron chi connectivity index (χ4n) is 2.12. The first-order valence-electron chi connectivity index (χ1n) is 5.87. The number of carboxylic acid groups (broad SMARTS) is 1. The number of hydrogen-bond donors (Lipinski definition) is 1. The third-order valence-corrected chi connectivity index (χ3v) is 3.23. The van der Waals surface area contributed by atoms with Gasteiger partial charge in [0.2, 0.25) is 0 Å². The molecule has 1 aliphatic carbocycles. The van der Waals surface area contributed by atoms with Crippen LogP contribution < -0.4 is 0 Å². The third-order valence-electron chi connectivity index (χ3n) is 3.23. The standard InChI is InChI=1S/C15H16O3/c1-18-15(11-12-5-3-2-4-6-12)9-7-13(8-10-15)14(16)17/h2-9H,10-11H2,1H3,(H,16,17). The van der Waals surface area contributed by atoms with Gasteiger partial charge in [-0.2, -0.15) is 0 Å². The average molecular weight is 244 g/mol. The first-order valence-corrected chi connectivity index (χ1v) is 5.87. The van der Waals surface area contributed by atoms with E-state index in [9.17, 15) is 4.79 Å². The Kier molecular flexibility index (Phi) is 3.63. The van der Waals surface area contributed by atoms with Crippen LogP contribution >= 0.6 is 0 Å². The summed E-state index contributed by atoms with van der Waals surface area (Å²) >= 11 is 0. The molecule has 0 fully saturated rings. The van der Waals surface area contributed by atoms with Gasteiger partial charge >= 0.3 is 5.97 Å². The van der Waals surface area contributed by atoms with E-state index in [1.54, 1.807) is 19.3 Å². The van der Waals surface area contributed by atoms with Crippen LogP contribution in [0.15, 0.2) is 54.1 Å². The highest BCUT2D eigenvalue weighted by Gasteiger charge is 2.29. The second-order valence-corrected chi connectivity index (χ2v) is 4.43. The van der Waals surface area contributed by atoms with Gasteiger partial charge in [0.15, 0.2) is 0 Å². The molecule has 0 radical (unpaired) electrons. The monoisotopic (exact) mass is 244 g/mol. The van der Waals surface area contributed by atoms with Crippen molar-refractivity contribution in [2.45, 2.75) is 18.4 Å².